The smallest absolute Gasteiger partial charge is 0.123 e. The maximum atomic E-state index is 5.56. The van der Waals surface area contributed by atoms with E-state index >= 15 is 0 Å². The zero-order chi connectivity index (χ0) is 13.4. The number of nitrogen functional groups attached to an aromatic ring is 1. The molecule has 18 heavy (non-hydrogen) atoms. The molecule has 0 aliphatic rings. The summed E-state index contributed by atoms with van der Waals surface area (Å²) in [5.74, 6) is 0.565. The van der Waals surface area contributed by atoms with Crippen LogP contribution < -0.4 is 11.1 Å². The first-order chi connectivity index (χ1) is 8.65. The Bertz CT molecular complexity index is 319. The number of pyridine rings is 1. The molecule has 1 atom stereocenters. The number of hydrogen-bond acceptors (Lipinski definition) is 4. The van der Waals surface area contributed by atoms with Gasteiger partial charge in [-0.25, -0.2) is 4.98 Å². The maximum Gasteiger partial charge on any atom is 0.123 e. The van der Waals surface area contributed by atoms with E-state index in [1.54, 1.807) is 6.20 Å². The van der Waals surface area contributed by atoms with Crippen LogP contribution in [0.25, 0.3) is 0 Å². The molecule has 4 nitrogen and oxygen atoms in total. The summed E-state index contributed by atoms with van der Waals surface area (Å²) in [5, 5.41) is 3.44. The number of aromatic nitrogens is 1. The van der Waals surface area contributed by atoms with Crippen molar-refractivity contribution < 1.29 is 0 Å². The summed E-state index contributed by atoms with van der Waals surface area (Å²) in [7, 11) is 0. The van der Waals surface area contributed by atoms with E-state index < -0.39 is 0 Å². The van der Waals surface area contributed by atoms with Gasteiger partial charge in [0.15, 0.2) is 0 Å². The average Bonchev–Trinajstić information content (AvgIpc) is 2.37. The minimum Gasteiger partial charge on any atom is -0.384 e. The number of nitrogens with two attached hydrogens (primary N) is 1. The van der Waals surface area contributed by atoms with Crippen molar-refractivity contribution in [3.8, 4) is 0 Å². The molecule has 0 fully saturated rings. The molecule has 3 N–H and O–H groups in total. The highest BCUT2D eigenvalue weighted by Crippen LogP contribution is 2.11. The zero-order valence-electron chi connectivity index (χ0n) is 11.8. The van der Waals surface area contributed by atoms with E-state index in [2.05, 4.69) is 36.0 Å². The molecule has 0 bridgehead atoms. The SMILES string of the molecule is CCN(CC)CCCC(C)Nc1ccc(N)nc1. The van der Waals surface area contributed by atoms with Gasteiger partial charge >= 0.3 is 0 Å². The van der Waals surface area contributed by atoms with Gasteiger partial charge < -0.3 is 16.0 Å². The fourth-order valence-electron chi connectivity index (χ4n) is 2.01. The van der Waals surface area contributed by atoms with Crippen LogP contribution in [0.2, 0.25) is 0 Å². The predicted octanol–water partition coefficient (Wildman–Crippen LogP) is 2.59. The second kappa shape index (κ2) is 7.93. The molecule has 0 saturated carbocycles. The Morgan fingerprint density at radius 2 is 2.06 bits per heavy atom. The molecular weight excluding hydrogens is 224 g/mol. The summed E-state index contributed by atoms with van der Waals surface area (Å²) in [6.07, 6.45) is 4.18. The van der Waals surface area contributed by atoms with Crippen molar-refractivity contribution in [3.63, 3.8) is 0 Å². The molecule has 102 valence electrons. The zero-order valence-corrected chi connectivity index (χ0v) is 11.8. The van der Waals surface area contributed by atoms with Gasteiger partial charge in [-0.05, 0) is 51.5 Å². The van der Waals surface area contributed by atoms with Crippen LogP contribution in [-0.4, -0.2) is 35.6 Å². The van der Waals surface area contributed by atoms with E-state index in [4.69, 9.17) is 5.73 Å². The summed E-state index contributed by atoms with van der Waals surface area (Å²) in [6, 6.07) is 4.26. The minimum atomic E-state index is 0.464. The van der Waals surface area contributed by atoms with Gasteiger partial charge in [-0.2, -0.15) is 0 Å². The second-order valence-corrected chi connectivity index (χ2v) is 4.69. The molecule has 0 spiro atoms. The molecule has 0 aliphatic carbocycles. The van der Waals surface area contributed by atoms with Crippen molar-refractivity contribution in [1.82, 2.24) is 9.88 Å². The fourth-order valence-corrected chi connectivity index (χ4v) is 2.01. The Morgan fingerprint density at radius 3 is 2.61 bits per heavy atom. The molecule has 1 rings (SSSR count). The van der Waals surface area contributed by atoms with Gasteiger partial charge in [0.2, 0.25) is 0 Å². The first-order valence-corrected chi connectivity index (χ1v) is 6.86. The largest absolute Gasteiger partial charge is 0.384 e. The van der Waals surface area contributed by atoms with Gasteiger partial charge in [0.1, 0.15) is 5.82 Å². The third-order valence-electron chi connectivity index (χ3n) is 3.21. The number of hydrogen-bond donors (Lipinski definition) is 2. The Kier molecular flexibility index (Phi) is 6.50. The highest BCUT2D eigenvalue weighted by Gasteiger charge is 2.04. The van der Waals surface area contributed by atoms with Gasteiger partial charge in [0, 0.05) is 6.04 Å². The van der Waals surface area contributed by atoms with Crippen LogP contribution in [0.3, 0.4) is 0 Å². The number of nitrogens with one attached hydrogen (secondary N) is 1. The molecule has 4 heteroatoms. The molecule has 1 aromatic rings. The Hall–Kier alpha value is -1.29. The fraction of sp³-hybridized carbons (Fsp3) is 0.643. The topological polar surface area (TPSA) is 54.2 Å². The molecule has 0 aromatic carbocycles. The monoisotopic (exact) mass is 250 g/mol. The Balaban J connectivity index is 2.25. The third kappa shape index (κ3) is 5.36. The summed E-state index contributed by atoms with van der Waals surface area (Å²) < 4.78 is 0. The maximum absolute atomic E-state index is 5.56. The molecule has 1 unspecified atom stereocenters. The number of rotatable bonds is 8. The van der Waals surface area contributed by atoms with Crippen molar-refractivity contribution in [2.45, 2.75) is 39.7 Å². The van der Waals surface area contributed by atoms with Gasteiger partial charge in [-0.15, -0.1) is 0 Å². The molecule has 1 heterocycles. The molecule has 0 aliphatic heterocycles. The van der Waals surface area contributed by atoms with Crippen molar-refractivity contribution in [1.29, 1.82) is 0 Å². The number of nitrogens with zero attached hydrogens (tertiary/aromatic N) is 2. The quantitative estimate of drug-likeness (QED) is 0.744. The van der Waals surface area contributed by atoms with Crippen LogP contribution >= 0.6 is 0 Å². The van der Waals surface area contributed by atoms with E-state index in [0.29, 0.717) is 11.9 Å². The van der Waals surface area contributed by atoms with Crippen molar-refractivity contribution in [2.24, 2.45) is 0 Å². The third-order valence-corrected chi connectivity index (χ3v) is 3.21. The van der Waals surface area contributed by atoms with Crippen LogP contribution in [0.4, 0.5) is 11.5 Å². The average molecular weight is 250 g/mol. The minimum absolute atomic E-state index is 0.464. The first kappa shape index (κ1) is 14.8. The molecule has 0 amide bonds. The summed E-state index contributed by atoms with van der Waals surface area (Å²) in [6.45, 7) is 10.1. The Labute approximate surface area is 111 Å². The van der Waals surface area contributed by atoms with Crippen LogP contribution in [0.5, 0.6) is 0 Å². The standard InChI is InChI=1S/C14H26N4/c1-4-18(5-2)10-6-7-12(3)17-13-8-9-14(15)16-11-13/h8-9,11-12,17H,4-7,10H2,1-3H3,(H2,15,16). The van der Waals surface area contributed by atoms with E-state index in [9.17, 15) is 0 Å². The number of anilines is 2. The Morgan fingerprint density at radius 1 is 1.33 bits per heavy atom. The van der Waals surface area contributed by atoms with Crippen LogP contribution in [-0.2, 0) is 0 Å². The van der Waals surface area contributed by atoms with E-state index in [1.807, 2.05) is 12.1 Å². The second-order valence-electron chi connectivity index (χ2n) is 4.69. The van der Waals surface area contributed by atoms with Crippen LogP contribution in [0, 0.1) is 0 Å². The summed E-state index contributed by atoms with van der Waals surface area (Å²) in [4.78, 5) is 6.53. The van der Waals surface area contributed by atoms with Crippen molar-refractivity contribution >= 4 is 11.5 Å². The van der Waals surface area contributed by atoms with Gasteiger partial charge in [0.25, 0.3) is 0 Å². The lowest BCUT2D eigenvalue weighted by Gasteiger charge is -2.20. The lowest BCUT2D eigenvalue weighted by atomic mass is 10.1. The predicted molar refractivity (Wildman–Crippen MR) is 78.8 cm³/mol. The highest BCUT2D eigenvalue weighted by atomic mass is 15.1. The highest BCUT2D eigenvalue weighted by molar-refractivity contribution is 5.45. The van der Waals surface area contributed by atoms with E-state index in [-0.39, 0.29) is 0 Å². The lowest BCUT2D eigenvalue weighted by Crippen LogP contribution is -2.25. The molecular formula is C14H26N4. The van der Waals surface area contributed by atoms with Gasteiger partial charge in [0.05, 0.1) is 11.9 Å². The van der Waals surface area contributed by atoms with Crippen molar-refractivity contribution in [2.75, 3.05) is 30.7 Å². The van der Waals surface area contributed by atoms with E-state index in [1.165, 1.54) is 19.4 Å². The van der Waals surface area contributed by atoms with Gasteiger partial charge in [-0.1, -0.05) is 13.8 Å². The summed E-state index contributed by atoms with van der Waals surface area (Å²) in [5.41, 5.74) is 6.60. The molecule has 0 radical (unpaired) electrons. The van der Waals surface area contributed by atoms with Crippen molar-refractivity contribution in [3.05, 3.63) is 18.3 Å². The lowest BCUT2D eigenvalue weighted by molar-refractivity contribution is 0.295. The van der Waals surface area contributed by atoms with Crippen LogP contribution in [0.1, 0.15) is 33.6 Å². The molecule has 0 saturated heterocycles. The first-order valence-electron chi connectivity index (χ1n) is 6.86. The van der Waals surface area contributed by atoms with Gasteiger partial charge in [-0.3, -0.25) is 0 Å². The van der Waals surface area contributed by atoms with E-state index in [0.717, 1.165) is 18.8 Å². The molecule has 1 aromatic heterocycles. The van der Waals surface area contributed by atoms with Crippen LogP contribution in [0.15, 0.2) is 18.3 Å². The normalized spacial score (nSPS) is 12.7. The summed E-state index contributed by atoms with van der Waals surface area (Å²) >= 11 is 0.